The highest BCUT2D eigenvalue weighted by Gasteiger charge is 2.22. The Labute approximate surface area is 110 Å². The van der Waals surface area contributed by atoms with E-state index < -0.39 is 0 Å². The number of rotatable bonds is 4. The Bertz CT molecular complexity index is 369. The van der Waals surface area contributed by atoms with Crippen LogP contribution in [0.25, 0.3) is 0 Å². The Kier molecular flexibility index (Phi) is 4.76. The molecule has 1 aliphatic rings. The van der Waals surface area contributed by atoms with Gasteiger partial charge in [-0.1, -0.05) is 31.5 Å². The van der Waals surface area contributed by atoms with Crippen LogP contribution in [0.5, 0.6) is 0 Å². The van der Waals surface area contributed by atoms with Gasteiger partial charge < -0.3 is 5.32 Å². The summed E-state index contributed by atoms with van der Waals surface area (Å²) in [6.07, 6.45) is 6.40. The van der Waals surface area contributed by atoms with E-state index in [-0.39, 0.29) is 11.9 Å². The van der Waals surface area contributed by atoms with Crippen LogP contribution in [0.4, 0.5) is 4.39 Å². The lowest BCUT2D eigenvalue weighted by Crippen LogP contribution is -2.35. The molecule has 1 aliphatic carbocycles. The second-order valence-electron chi connectivity index (χ2n) is 5.54. The summed E-state index contributed by atoms with van der Waals surface area (Å²) in [6.45, 7) is 4.34. The van der Waals surface area contributed by atoms with Gasteiger partial charge in [0, 0.05) is 17.6 Å². The Morgan fingerprint density at radius 3 is 2.50 bits per heavy atom. The molecule has 2 heteroatoms. The van der Waals surface area contributed by atoms with E-state index in [1.54, 1.807) is 12.1 Å². The summed E-state index contributed by atoms with van der Waals surface area (Å²) < 4.78 is 13.7. The van der Waals surface area contributed by atoms with Crippen molar-refractivity contribution in [2.24, 2.45) is 5.92 Å². The monoisotopic (exact) mass is 249 g/mol. The first-order valence-corrected chi connectivity index (χ1v) is 7.21. The van der Waals surface area contributed by atoms with E-state index >= 15 is 0 Å². The van der Waals surface area contributed by atoms with Crippen LogP contribution >= 0.6 is 0 Å². The zero-order valence-electron chi connectivity index (χ0n) is 11.5. The third-order valence-corrected chi connectivity index (χ3v) is 4.28. The second kappa shape index (κ2) is 6.33. The van der Waals surface area contributed by atoms with Crippen molar-refractivity contribution in [3.8, 4) is 0 Å². The van der Waals surface area contributed by atoms with Gasteiger partial charge in [0.25, 0.3) is 0 Å². The molecule has 100 valence electrons. The fourth-order valence-corrected chi connectivity index (χ4v) is 3.01. The van der Waals surface area contributed by atoms with E-state index in [2.05, 4.69) is 19.2 Å². The average Bonchev–Trinajstić information content (AvgIpc) is 2.40. The molecule has 0 aliphatic heterocycles. The molecule has 1 saturated carbocycles. The average molecular weight is 249 g/mol. The predicted octanol–water partition coefficient (Wildman–Crippen LogP) is 4.45. The molecule has 2 rings (SSSR count). The minimum atomic E-state index is -0.0975. The van der Waals surface area contributed by atoms with Gasteiger partial charge in [-0.2, -0.15) is 0 Å². The molecule has 1 aromatic rings. The molecule has 0 spiro atoms. The second-order valence-corrected chi connectivity index (χ2v) is 5.54. The normalized spacial score (nSPS) is 25.9. The summed E-state index contributed by atoms with van der Waals surface area (Å²) in [5, 5.41) is 3.58. The zero-order chi connectivity index (χ0) is 13.0. The largest absolute Gasteiger partial charge is 0.307 e. The topological polar surface area (TPSA) is 12.0 Å². The van der Waals surface area contributed by atoms with Crippen molar-refractivity contribution in [2.75, 3.05) is 0 Å². The molecule has 1 N–H and O–H groups in total. The summed E-state index contributed by atoms with van der Waals surface area (Å²) in [4.78, 5) is 0. The van der Waals surface area contributed by atoms with Gasteiger partial charge in [0.15, 0.2) is 0 Å². The third-order valence-electron chi connectivity index (χ3n) is 4.28. The minimum absolute atomic E-state index is 0.0975. The zero-order valence-corrected chi connectivity index (χ0v) is 11.5. The van der Waals surface area contributed by atoms with Crippen molar-refractivity contribution in [1.82, 2.24) is 5.32 Å². The standard InChI is InChI=1S/C16H24FN/c1-3-13-8-10-14(11-9-13)18-12(2)15-6-4-5-7-16(15)17/h4-7,12-14,18H,3,8-11H2,1-2H3. The number of benzene rings is 1. The van der Waals surface area contributed by atoms with E-state index in [4.69, 9.17) is 0 Å². The third kappa shape index (κ3) is 3.32. The minimum Gasteiger partial charge on any atom is -0.307 e. The van der Waals surface area contributed by atoms with Crippen LogP contribution < -0.4 is 5.32 Å². The van der Waals surface area contributed by atoms with Crippen molar-refractivity contribution in [1.29, 1.82) is 0 Å². The van der Waals surface area contributed by atoms with Crippen LogP contribution in [0.15, 0.2) is 24.3 Å². The van der Waals surface area contributed by atoms with Crippen molar-refractivity contribution < 1.29 is 4.39 Å². The van der Waals surface area contributed by atoms with Crippen molar-refractivity contribution in [3.63, 3.8) is 0 Å². The van der Waals surface area contributed by atoms with Crippen molar-refractivity contribution >= 4 is 0 Å². The Balaban J connectivity index is 1.89. The first-order chi connectivity index (χ1) is 8.70. The number of halogens is 1. The number of hydrogen-bond acceptors (Lipinski definition) is 1. The van der Waals surface area contributed by atoms with E-state index in [1.807, 2.05) is 12.1 Å². The molecule has 0 aromatic heterocycles. The summed E-state index contributed by atoms with van der Waals surface area (Å²) in [5.74, 6) is 0.812. The maximum Gasteiger partial charge on any atom is 0.127 e. The summed E-state index contributed by atoms with van der Waals surface area (Å²) in [5.41, 5.74) is 0.787. The van der Waals surface area contributed by atoms with Crippen molar-refractivity contribution in [3.05, 3.63) is 35.6 Å². The fourth-order valence-electron chi connectivity index (χ4n) is 3.01. The van der Waals surface area contributed by atoms with Gasteiger partial charge in [-0.15, -0.1) is 0 Å². The van der Waals surface area contributed by atoms with Gasteiger partial charge in [0.05, 0.1) is 0 Å². The van der Waals surface area contributed by atoms with Gasteiger partial charge in [0.2, 0.25) is 0 Å². The highest BCUT2D eigenvalue weighted by molar-refractivity contribution is 5.20. The van der Waals surface area contributed by atoms with Gasteiger partial charge in [-0.05, 0) is 44.6 Å². The lowest BCUT2D eigenvalue weighted by Gasteiger charge is -2.31. The van der Waals surface area contributed by atoms with E-state index in [9.17, 15) is 4.39 Å². The molecule has 1 nitrogen and oxygen atoms in total. The summed E-state index contributed by atoms with van der Waals surface area (Å²) in [6, 6.07) is 7.74. The molecule has 1 unspecified atom stereocenters. The number of hydrogen-bond donors (Lipinski definition) is 1. The Morgan fingerprint density at radius 1 is 1.22 bits per heavy atom. The van der Waals surface area contributed by atoms with Gasteiger partial charge in [-0.25, -0.2) is 4.39 Å². The molecule has 1 atom stereocenters. The molecular formula is C16H24FN. The van der Waals surface area contributed by atoms with Crippen LogP contribution in [-0.2, 0) is 0 Å². The van der Waals surface area contributed by atoms with E-state index in [0.29, 0.717) is 6.04 Å². The smallest absolute Gasteiger partial charge is 0.127 e. The van der Waals surface area contributed by atoms with Crippen LogP contribution in [0.1, 0.15) is 57.6 Å². The maximum absolute atomic E-state index is 13.7. The first kappa shape index (κ1) is 13.5. The van der Waals surface area contributed by atoms with Crippen LogP contribution in [-0.4, -0.2) is 6.04 Å². The van der Waals surface area contributed by atoms with E-state index in [1.165, 1.54) is 32.1 Å². The molecule has 1 fully saturated rings. The highest BCUT2D eigenvalue weighted by atomic mass is 19.1. The molecular weight excluding hydrogens is 225 g/mol. The summed E-state index contributed by atoms with van der Waals surface area (Å²) >= 11 is 0. The van der Waals surface area contributed by atoms with Gasteiger partial charge in [0.1, 0.15) is 5.82 Å². The molecule has 0 saturated heterocycles. The molecule has 0 radical (unpaired) electrons. The van der Waals surface area contributed by atoms with E-state index in [0.717, 1.165) is 11.5 Å². The molecule has 18 heavy (non-hydrogen) atoms. The Morgan fingerprint density at radius 2 is 1.89 bits per heavy atom. The fraction of sp³-hybridized carbons (Fsp3) is 0.625. The highest BCUT2D eigenvalue weighted by Crippen LogP contribution is 2.28. The SMILES string of the molecule is CCC1CCC(NC(C)c2ccccc2F)CC1. The molecule has 1 aromatic carbocycles. The predicted molar refractivity (Wildman–Crippen MR) is 74.0 cm³/mol. The lowest BCUT2D eigenvalue weighted by atomic mass is 9.84. The quantitative estimate of drug-likeness (QED) is 0.831. The van der Waals surface area contributed by atoms with Crippen LogP contribution in [0.3, 0.4) is 0 Å². The molecule has 0 heterocycles. The summed E-state index contributed by atoms with van der Waals surface area (Å²) in [7, 11) is 0. The maximum atomic E-state index is 13.7. The molecule has 0 bridgehead atoms. The van der Waals surface area contributed by atoms with Crippen LogP contribution in [0.2, 0.25) is 0 Å². The van der Waals surface area contributed by atoms with Gasteiger partial charge >= 0.3 is 0 Å². The Hall–Kier alpha value is -0.890. The lowest BCUT2D eigenvalue weighted by molar-refractivity contribution is 0.272. The van der Waals surface area contributed by atoms with Crippen molar-refractivity contribution in [2.45, 2.75) is 58.0 Å². The van der Waals surface area contributed by atoms with Crippen LogP contribution in [0, 0.1) is 11.7 Å². The number of nitrogens with one attached hydrogen (secondary N) is 1. The van der Waals surface area contributed by atoms with Gasteiger partial charge in [-0.3, -0.25) is 0 Å². The first-order valence-electron chi connectivity index (χ1n) is 7.21. The molecule has 0 amide bonds.